The van der Waals surface area contributed by atoms with E-state index in [1.54, 1.807) is 11.3 Å². The highest BCUT2D eigenvalue weighted by atomic mass is 127. The van der Waals surface area contributed by atoms with Gasteiger partial charge < -0.3 is 15.1 Å². The molecule has 1 aliphatic heterocycles. The maximum atomic E-state index is 5.93. The molecule has 0 radical (unpaired) electrons. The van der Waals surface area contributed by atoms with Gasteiger partial charge in [-0.05, 0) is 58.8 Å². The topological polar surface area (TPSA) is 65.7 Å². The normalized spacial score (nSPS) is 16.0. The van der Waals surface area contributed by atoms with Crippen LogP contribution in [-0.2, 0) is 6.42 Å². The molecule has 0 saturated carbocycles. The van der Waals surface area contributed by atoms with Crippen LogP contribution in [0, 0.1) is 13.8 Å². The fourth-order valence-corrected chi connectivity index (χ4v) is 4.07. The highest BCUT2D eigenvalue weighted by Gasteiger charge is 2.25. The zero-order valence-corrected chi connectivity index (χ0v) is 20.2. The molecule has 2 aromatic heterocycles. The average Bonchev–Trinajstić information content (AvgIpc) is 3.39. The number of hydrogen-bond donors (Lipinski definition) is 2. The van der Waals surface area contributed by atoms with Gasteiger partial charge in [0.2, 0.25) is 0 Å². The van der Waals surface area contributed by atoms with E-state index in [0.29, 0.717) is 6.54 Å². The van der Waals surface area contributed by atoms with Gasteiger partial charge in [-0.1, -0.05) is 0 Å². The van der Waals surface area contributed by atoms with E-state index in [1.165, 1.54) is 12.8 Å². The van der Waals surface area contributed by atoms with Crippen LogP contribution in [0.25, 0.3) is 0 Å². The van der Waals surface area contributed by atoms with Crippen molar-refractivity contribution in [2.45, 2.75) is 46.1 Å². The van der Waals surface area contributed by atoms with Crippen LogP contribution in [-0.4, -0.2) is 48.6 Å². The first-order valence-corrected chi connectivity index (χ1v) is 10.8. The van der Waals surface area contributed by atoms with Gasteiger partial charge in [0.25, 0.3) is 0 Å². The molecule has 2 aromatic rings. The number of halogens is 1. The van der Waals surface area contributed by atoms with Gasteiger partial charge in [-0.15, -0.1) is 35.3 Å². The first kappa shape index (κ1) is 23.2. The lowest BCUT2D eigenvalue weighted by molar-refractivity contribution is 0.219. The lowest BCUT2D eigenvalue weighted by Gasteiger charge is -2.24. The van der Waals surface area contributed by atoms with E-state index in [4.69, 9.17) is 9.41 Å². The highest BCUT2D eigenvalue weighted by Crippen LogP contribution is 2.26. The van der Waals surface area contributed by atoms with Gasteiger partial charge in [0.05, 0.1) is 23.3 Å². The standard InChI is InChI=1S/C20H31N5OS.HI/c1-4-21-20(22-10-9-17-14-27-16(3)24-17)23-13-18(25-11-5-6-12-25)19-8-7-15(2)26-19;/h7-8,14,18H,4-6,9-13H2,1-3H3,(H2,21,22,23);1H. The van der Waals surface area contributed by atoms with Crippen molar-refractivity contribution in [2.24, 2.45) is 4.99 Å². The molecule has 1 fully saturated rings. The third kappa shape index (κ3) is 6.73. The van der Waals surface area contributed by atoms with E-state index in [1.807, 2.05) is 19.9 Å². The fraction of sp³-hybridized carbons (Fsp3) is 0.600. The fourth-order valence-electron chi connectivity index (χ4n) is 3.42. The summed E-state index contributed by atoms with van der Waals surface area (Å²) < 4.78 is 5.93. The van der Waals surface area contributed by atoms with Crippen LogP contribution in [0.15, 0.2) is 26.9 Å². The number of hydrogen-bond acceptors (Lipinski definition) is 5. The van der Waals surface area contributed by atoms with E-state index in [-0.39, 0.29) is 30.0 Å². The highest BCUT2D eigenvalue weighted by molar-refractivity contribution is 14.0. The van der Waals surface area contributed by atoms with Crippen LogP contribution in [0.3, 0.4) is 0 Å². The number of furan rings is 1. The molecule has 3 heterocycles. The number of aromatic nitrogens is 1. The van der Waals surface area contributed by atoms with Crippen molar-refractivity contribution in [3.05, 3.63) is 39.7 Å². The quantitative estimate of drug-likeness (QED) is 0.316. The Balaban J connectivity index is 0.00000280. The summed E-state index contributed by atoms with van der Waals surface area (Å²) in [6.07, 6.45) is 3.41. The van der Waals surface area contributed by atoms with E-state index >= 15 is 0 Å². The summed E-state index contributed by atoms with van der Waals surface area (Å²) >= 11 is 1.70. The molecule has 156 valence electrons. The van der Waals surface area contributed by atoms with Crippen LogP contribution in [0.1, 0.15) is 48.0 Å². The average molecular weight is 517 g/mol. The molecule has 2 N–H and O–H groups in total. The minimum Gasteiger partial charge on any atom is -0.465 e. The van der Waals surface area contributed by atoms with Gasteiger partial charge in [0.15, 0.2) is 5.96 Å². The van der Waals surface area contributed by atoms with E-state index < -0.39 is 0 Å². The second-order valence-corrected chi connectivity index (χ2v) is 8.02. The number of likely N-dealkylation sites (tertiary alicyclic amines) is 1. The third-order valence-electron chi connectivity index (χ3n) is 4.78. The molecular formula is C20H32IN5OS. The lowest BCUT2D eigenvalue weighted by Crippen LogP contribution is -2.39. The molecule has 6 nitrogen and oxygen atoms in total. The number of aryl methyl sites for hydroxylation is 2. The number of aliphatic imine (C=N–C) groups is 1. The molecule has 0 aliphatic carbocycles. The Labute approximate surface area is 189 Å². The Morgan fingerprint density at radius 2 is 2.07 bits per heavy atom. The van der Waals surface area contributed by atoms with E-state index in [9.17, 15) is 0 Å². The molecule has 0 amide bonds. The Morgan fingerprint density at radius 1 is 1.29 bits per heavy atom. The molecule has 0 bridgehead atoms. The van der Waals surface area contributed by atoms with Crippen molar-refractivity contribution < 1.29 is 4.42 Å². The van der Waals surface area contributed by atoms with Gasteiger partial charge in [-0.25, -0.2) is 4.98 Å². The first-order chi connectivity index (χ1) is 13.2. The Morgan fingerprint density at radius 3 is 2.68 bits per heavy atom. The second kappa shape index (κ2) is 11.8. The van der Waals surface area contributed by atoms with Crippen molar-refractivity contribution in [3.63, 3.8) is 0 Å². The zero-order valence-electron chi connectivity index (χ0n) is 17.0. The molecule has 1 saturated heterocycles. The predicted octanol–water partition coefficient (Wildman–Crippen LogP) is 3.91. The first-order valence-electron chi connectivity index (χ1n) is 9.89. The molecule has 28 heavy (non-hydrogen) atoms. The molecule has 1 atom stereocenters. The number of nitrogens with one attached hydrogen (secondary N) is 2. The molecule has 1 aliphatic rings. The predicted molar refractivity (Wildman–Crippen MR) is 127 cm³/mol. The monoisotopic (exact) mass is 517 g/mol. The Kier molecular flexibility index (Phi) is 9.73. The maximum Gasteiger partial charge on any atom is 0.191 e. The van der Waals surface area contributed by atoms with Gasteiger partial charge >= 0.3 is 0 Å². The van der Waals surface area contributed by atoms with Gasteiger partial charge in [-0.2, -0.15) is 0 Å². The molecule has 3 rings (SSSR count). The van der Waals surface area contributed by atoms with Crippen LogP contribution < -0.4 is 10.6 Å². The second-order valence-electron chi connectivity index (χ2n) is 6.96. The lowest BCUT2D eigenvalue weighted by atomic mass is 10.2. The molecule has 1 unspecified atom stereocenters. The summed E-state index contributed by atoms with van der Waals surface area (Å²) in [6, 6.07) is 4.35. The van der Waals surface area contributed by atoms with Crippen LogP contribution in [0.4, 0.5) is 0 Å². The van der Waals surface area contributed by atoms with Gasteiger partial charge in [-0.3, -0.25) is 9.89 Å². The van der Waals surface area contributed by atoms with Crippen molar-refractivity contribution in [1.82, 2.24) is 20.5 Å². The van der Waals surface area contributed by atoms with E-state index in [0.717, 1.165) is 60.8 Å². The van der Waals surface area contributed by atoms with Crippen molar-refractivity contribution in [3.8, 4) is 0 Å². The van der Waals surface area contributed by atoms with Crippen LogP contribution in [0.5, 0.6) is 0 Å². The molecule has 8 heteroatoms. The number of rotatable bonds is 8. The number of nitrogens with zero attached hydrogens (tertiary/aromatic N) is 3. The summed E-state index contributed by atoms with van der Waals surface area (Å²) in [6.45, 7) is 10.7. The van der Waals surface area contributed by atoms with Crippen molar-refractivity contribution in [1.29, 1.82) is 0 Å². The summed E-state index contributed by atoms with van der Waals surface area (Å²) in [4.78, 5) is 11.9. The third-order valence-corrected chi connectivity index (χ3v) is 5.60. The minimum atomic E-state index is 0. The minimum absolute atomic E-state index is 0. The SMILES string of the molecule is CCNC(=NCC(c1ccc(C)o1)N1CCCC1)NCCc1csc(C)n1.I. The Bertz CT molecular complexity index is 739. The largest absolute Gasteiger partial charge is 0.465 e. The summed E-state index contributed by atoms with van der Waals surface area (Å²) in [5.74, 6) is 2.84. The summed E-state index contributed by atoms with van der Waals surface area (Å²) in [5, 5.41) is 10.0. The van der Waals surface area contributed by atoms with Crippen LogP contribution >= 0.6 is 35.3 Å². The zero-order chi connectivity index (χ0) is 19.1. The van der Waals surface area contributed by atoms with E-state index in [2.05, 4.69) is 38.9 Å². The van der Waals surface area contributed by atoms with Gasteiger partial charge in [0, 0.05) is 24.9 Å². The number of guanidine groups is 1. The summed E-state index contributed by atoms with van der Waals surface area (Å²) in [5.41, 5.74) is 1.14. The Hall–Kier alpha value is -1.13. The molecule has 0 spiro atoms. The van der Waals surface area contributed by atoms with Crippen LogP contribution in [0.2, 0.25) is 0 Å². The van der Waals surface area contributed by atoms with Crippen molar-refractivity contribution in [2.75, 3.05) is 32.7 Å². The van der Waals surface area contributed by atoms with Gasteiger partial charge in [0.1, 0.15) is 11.5 Å². The molecular weight excluding hydrogens is 485 g/mol. The molecule has 0 aromatic carbocycles. The maximum absolute atomic E-state index is 5.93. The number of thiazole rings is 1. The van der Waals surface area contributed by atoms with Crippen molar-refractivity contribution >= 4 is 41.3 Å². The smallest absolute Gasteiger partial charge is 0.191 e. The summed E-state index contributed by atoms with van der Waals surface area (Å²) in [7, 11) is 0.